The van der Waals surface area contributed by atoms with Crippen LogP contribution in [0.1, 0.15) is 48.0 Å². The fraction of sp³-hybridized carbons (Fsp3) is 0.810. The van der Waals surface area contributed by atoms with Crippen LogP contribution in [0.2, 0.25) is 49.8 Å². The number of allylic oxidation sites excluding steroid dienone is 3. The van der Waals surface area contributed by atoms with E-state index in [2.05, 4.69) is 86.9 Å². The molecule has 2 nitrogen and oxygen atoms in total. The molecule has 0 fully saturated rings. The van der Waals surface area contributed by atoms with Gasteiger partial charge >= 0.3 is 170 Å². The molecule has 0 unspecified atom stereocenters. The van der Waals surface area contributed by atoms with Crippen LogP contribution >= 0.6 is 0 Å². The first kappa shape index (κ1) is 24.3. The molecule has 1 rings (SSSR count). The van der Waals surface area contributed by atoms with Crippen molar-refractivity contribution in [1.29, 1.82) is 0 Å². The Kier molecular flexibility index (Phi) is 7.74. The van der Waals surface area contributed by atoms with Gasteiger partial charge in [0.1, 0.15) is 0 Å². The van der Waals surface area contributed by atoms with E-state index in [0.717, 1.165) is 12.2 Å². The predicted molar refractivity (Wildman–Crippen MR) is 123 cm³/mol. The zero-order valence-electron chi connectivity index (χ0n) is 19.5. The standard InChI is InChI=1S/C21H43GeO2Si2/c1-17-15-21(20(4,5)6,24-26(10,11)12)22(16-18(17)2)14-13-19(3)23-25(7,8)9/h13H,14-16H2,1-12H3/b19-13-/t21-/m0/s1. The summed E-state index contributed by atoms with van der Waals surface area (Å²) in [5.41, 5.74) is 3.36. The molecule has 1 atom stereocenters. The second-order valence-electron chi connectivity index (χ2n) is 11.0. The van der Waals surface area contributed by atoms with E-state index >= 15 is 0 Å². The van der Waals surface area contributed by atoms with Crippen molar-refractivity contribution in [2.24, 2.45) is 5.41 Å². The van der Waals surface area contributed by atoms with E-state index in [4.69, 9.17) is 8.85 Å². The van der Waals surface area contributed by atoms with Gasteiger partial charge < -0.3 is 0 Å². The van der Waals surface area contributed by atoms with Crippen LogP contribution in [0.25, 0.3) is 0 Å². The van der Waals surface area contributed by atoms with Gasteiger partial charge in [0.25, 0.3) is 0 Å². The van der Waals surface area contributed by atoms with E-state index in [0.29, 0.717) is 0 Å². The van der Waals surface area contributed by atoms with Crippen molar-refractivity contribution in [3.05, 3.63) is 23.0 Å². The number of hydrogen-bond donors (Lipinski definition) is 0. The summed E-state index contributed by atoms with van der Waals surface area (Å²) in [7, 11) is -3.17. The van der Waals surface area contributed by atoms with E-state index in [9.17, 15) is 0 Å². The first-order valence-corrected chi connectivity index (χ1v) is 20.9. The van der Waals surface area contributed by atoms with Gasteiger partial charge in [-0.3, -0.25) is 0 Å². The van der Waals surface area contributed by atoms with E-state index in [-0.39, 0.29) is 9.85 Å². The monoisotopic (exact) mass is 457 g/mol. The molecule has 1 aliphatic rings. The van der Waals surface area contributed by atoms with Crippen molar-refractivity contribution in [3.8, 4) is 0 Å². The molecular weight excluding hydrogens is 413 g/mol. The Labute approximate surface area is 170 Å². The Morgan fingerprint density at radius 1 is 1.04 bits per heavy atom. The Morgan fingerprint density at radius 2 is 1.58 bits per heavy atom. The second kappa shape index (κ2) is 8.30. The summed E-state index contributed by atoms with van der Waals surface area (Å²) >= 11 is -1.55. The molecular formula is C21H43GeO2Si2. The number of rotatable bonds is 6. The van der Waals surface area contributed by atoms with Crippen LogP contribution in [0.4, 0.5) is 0 Å². The molecule has 0 aliphatic carbocycles. The average Bonchev–Trinajstić information content (AvgIpc) is 2.36. The maximum absolute atomic E-state index is 7.11. The SMILES string of the molecule is CC1=C(C)C[C@](O[Si](C)(C)C)(C(C)(C)C)[Ge]([CH2]/C=C(/C)O[Si](C)(C)C)[CH2]1. The third-order valence-electron chi connectivity index (χ3n) is 5.09. The summed E-state index contributed by atoms with van der Waals surface area (Å²) in [5, 5.41) is 2.49. The molecule has 1 heterocycles. The molecule has 1 radical (unpaired) electrons. The van der Waals surface area contributed by atoms with E-state index in [1.807, 2.05) is 0 Å². The van der Waals surface area contributed by atoms with Crippen molar-refractivity contribution < 1.29 is 8.85 Å². The maximum atomic E-state index is 7.11. The van der Waals surface area contributed by atoms with Crippen molar-refractivity contribution >= 4 is 31.0 Å². The first-order chi connectivity index (χ1) is 11.5. The summed E-state index contributed by atoms with van der Waals surface area (Å²) < 4.78 is 13.4. The van der Waals surface area contributed by atoms with Crippen molar-refractivity contribution in [1.82, 2.24) is 0 Å². The molecule has 0 N–H and O–H groups in total. The second-order valence-corrected chi connectivity index (χ2v) is 25.7. The minimum absolute atomic E-state index is 0.0665. The van der Waals surface area contributed by atoms with Crippen LogP contribution < -0.4 is 0 Å². The zero-order chi connectivity index (χ0) is 20.6. The molecule has 0 saturated heterocycles. The summed E-state index contributed by atoms with van der Waals surface area (Å²) in [6, 6.07) is 0. The third-order valence-corrected chi connectivity index (χ3v) is 15.4. The first-order valence-electron chi connectivity index (χ1n) is 10.0. The summed E-state index contributed by atoms with van der Waals surface area (Å²) in [4.78, 5) is 0. The van der Waals surface area contributed by atoms with Crippen LogP contribution in [-0.4, -0.2) is 35.4 Å². The van der Waals surface area contributed by atoms with Crippen LogP contribution in [0.5, 0.6) is 0 Å². The molecule has 0 saturated carbocycles. The van der Waals surface area contributed by atoms with Crippen LogP contribution in [-0.2, 0) is 8.85 Å². The molecule has 151 valence electrons. The van der Waals surface area contributed by atoms with Gasteiger partial charge in [-0.05, 0) is 0 Å². The average molecular weight is 456 g/mol. The Hall–Kier alpha value is 0.217. The molecule has 5 heteroatoms. The van der Waals surface area contributed by atoms with E-state index < -0.39 is 31.0 Å². The van der Waals surface area contributed by atoms with Crippen molar-refractivity contribution in [3.63, 3.8) is 0 Å². The summed E-state index contributed by atoms with van der Waals surface area (Å²) in [6.45, 7) is 27.9. The topological polar surface area (TPSA) is 18.5 Å². The molecule has 0 spiro atoms. The van der Waals surface area contributed by atoms with Gasteiger partial charge in [-0.2, -0.15) is 0 Å². The Bertz CT molecular complexity index is 562. The molecule has 26 heavy (non-hydrogen) atoms. The van der Waals surface area contributed by atoms with Gasteiger partial charge in [0.2, 0.25) is 0 Å². The van der Waals surface area contributed by atoms with E-state index in [1.165, 1.54) is 10.5 Å². The van der Waals surface area contributed by atoms with Gasteiger partial charge in [-0.1, -0.05) is 0 Å². The van der Waals surface area contributed by atoms with Crippen LogP contribution in [0.3, 0.4) is 0 Å². The van der Waals surface area contributed by atoms with Gasteiger partial charge in [-0.25, -0.2) is 0 Å². The molecule has 0 bridgehead atoms. The van der Waals surface area contributed by atoms with Crippen molar-refractivity contribution in [2.45, 2.75) is 102 Å². The molecule has 0 amide bonds. The molecule has 0 aromatic carbocycles. The van der Waals surface area contributed by atoms with Gasteiger partial charge in [-0.15, -0.1) is 0 Å². The molecule has 0 aromatic rings. The van der Waals surface area contributed by atoms with Gasteiger partial charge in [0.05, 0.1) is 0 Å². The third kappa shape index (κ3) is 6.68. The molecule has 0 aromatic heterocycles. The quantitative estimate of drug-likeness (QED) is 0.240. The fourth-order valence-electron chi connectivity index (χ4n) is 3.87. The predicted octanol–water partition coefficient (Wildman–Crippen LogP) is 7.15. The zero-order valence-corrected chi connectivity index (χ0v) is 23.6. The van der Waals surface area contributed by atoms with Crippen LogP contribution in [0, 0.1) is 5.41 Å². The van der Waals surface area contributed by atoms with Gasteiger partial charge in [0, 0.05) is 0 Å². The minimum atomic E-state index is -1.64. The number of hydrogen-bond acceptors (Lipinski definition) is 2. The normalized spacial score (nSPS) is 24.2. The van der Waals surface area contributed by atoms with Gasteiger partial charge in [0.15, 0.2) is 0 Å². The van der Waals surface area contributed by atoms with E-state index in [1.54, 1.807) is 11.1 Å². The van der Waals surface area contributed by atoms with Crippen LogP contribution in [0.15, 0.2) is 23.0 Å². The molecule has 1 aliphatic heterocycles. The fourth-order valence-corrected chi connectivity index (χ4v) is 17.3. The summed E-state index contributed by atoms with van der Waals surface area (Å²) in [6.07, 6.45) is 3.53. The Morgan fingerprint density at radius 3 is 2.00 bits per heavy atom. The summed E-state index contributed by atoms with van der Waals surface area (Å²) in [5.74, 6) is 1.13. The Balaban J connectivity index is 3.27. The van der Waals surface area contributed by atoms with Crippen molar-refractivity contribution in [2.75, 3.05) is 0 Å².